The Hall–Kier alpha value is -1.56. The van der Waals surface area contributed by atoms with Crippen LogP contribution in [0.25, 0.3) is 11.1 Å². The Labute approximate surface area is 130 Å². The fraction of sp³-hybridized carbons (Fsp3) is 0.286. The summed E-state index contributed by atoms with van der Waals surface area (Å²) in [5.74, 6) is 0. The maximum atomic E-state index is 12.7. The molecule has 2 heterocycles. The van der Waals surface area contributed by atoms with E-state index in [9.17, 15) is 9.59 Å². The van der Waals surface area contributed by atoms with Gasteiger partial charge < -0.3 is 4.74 Å². The number of aromatic nitrogens is 2. The highest BCUT2D eigenvalue weighted by atomic mass is 35.5. The predicted molar refractivity (Wildman–Crippen MR) is 81.3 cm³/mol. The Morgan fingerprint density at radius 2 is 2.10 bits per heavy atom. The molecule has 2 aromatic rings. The maximum absolute atomic E-state index is 12.7. The van der Waals surface area contributed by atoms with Gasteiger partial charge in [0.05, 0.1) is 18.2 Å². The number of aromatic amines is 1. The Balaban J connectivity index is 2.24. The molecule has 3 rings (SSSR count). The van der Waals surface area contributed by atoms with Gasteiger partial charge in [0.1, 0.15) is 5.15 Å². The molecule has 0 bridgehead atoms. The van der Waals surface area contributed by atoms with Crippen molar-refractivity contribution in [3.63, 3.8) is 0 Å². The first-order valence-electron chi connectivity index (χ1n) is 6.46. The number of H-pyrrole nitrogens is 1. The van der Waals surface area contributed by atoms with E-state index in [2.05, 4.69) is 4.98 Å². The Kier molecular flexibility index (Phi) is 3.89. The number of halogens is 2. The monoisotopic (exact) mass is 326 g/mol. The van der Waals surface area contributed by atoms with Crippen LogP contribution in [0.3, 0.4) is 0 Å². The van der Waals surface area contributed by atoms with Crippen molar-refractivity contribution in [2.45, 2.75) is 12.5 Å². The first kappa shape index (κ1) is 14.4. The van der Waals surface area contributed by atoms with Crippen molar-refractivity contribution in [3.05, 3.63) is 55.3 Å². The van der Waals surface area contributed by atoms with Crippen molar-refractivity contribution < 1.29 is 4.74 Å². The SMILES string of the molecule is O=c1[nH]c(Cl)c(-c2cccc(Cl)c2)c(=O)n1C1CCOC1. The first-order valence-corrected chi connectivity index (χ1v) is 7.21. The second kappa shape index (κ2) is 5.67. The quantitative estimate of drug-likeness (QED) is 0.862. The topological polar surface area (TPSA) is 64.1 Å². The minimum Gasteiger partial charge on any atom is -0.379 e. The molecule has 1 saturated heterocycles. The molecule has 1 fully saturated rings. The molecule has 1 aromatic heterocycles. The van der Waals surface area contributed by atoms with Gasteiger partial charge in [-0.3, -0.25) is 14.3 Å². The maximum Gasteiger partial charge on any atom is 0.329 e. The van der Waals surface area contributed by atoms with Gasteiger partial charge in [0.15, 0.2) is 0 Å². The largest absolute Gasteiger partial charge is 0.379 e. The van der Waals surface area contributed by atoms with E-state index < -0.39 is 11.2 Å². The van der Waals surface area contributed by atoms with Crippen LogP contribution in [0.4, 0.5) is 0 Å². The summed E-state index contributed by atoms with van der Waals surface area (Å²) >= 11 is 12.0. The van der Waals surface area contributed by atoms with E-state index in [1.807, 2.05) is 0 Å². The van der Waals surface area contributed by atoms with Gasteiger partial charge in [-0.25, -0.2) is 4.79 Å². The molecular weight excluding hydrogens is 315 g/mol. The summed E-state index contributed by atoms with van der Waals surface area (Å²) in [6.07, 6.45) is 0.625. The van der Waals surface area contributed by atoms with Crippen LogP contribution in [0.5, 0.6) is 0 Å². The molecule has 0 aliphatic carbocycles. The lowest BCUT2D eigenvalue weighted by molar-refractivity contribution is 0.185. The summed E-state index contributed by atoms with van der Waals surface area (Å²) in [7, 11) is 0. The number of benzene rings is 1. The molecule has 7 heteroatoms. The Bertz CT molecular complexity index is 792. The molecule has 0 amide bonds. The molecule has 110 valence electrons. The average molecular weight is 327 g/mol. The predicted octanol–water partition coefficient (Wildman–Crippen LogP) is 2.47. The van der Waals surface area contributed by atoms with Gasteiger partial charge >= 0.3 is 5.69 Å². The number of rotatable bonds is 2. The third kappa shape index (κ3) is 2.64. The zero-order valence-electron chi connectivity index (χ0n) is 10.9. The zero-order valence-corrected chi connectivity index (χ0v) is 12.4. The van der Waals surface area contributed by atoms with E-state index in [4.69, 9.17) is 27.9 Å². The van der Waals surface area contributed by atoms with E-state index in [0.717, 1.165) is 0 Å². The highest BCUT2D eigenvalue weighted by Crippen LogP contribution is 2.25. The van der Waals surface area contributed by atoms with Gasteiger partial charge in [-0.1, -0.05) is 35.3 Å². The molecule has 0 radical (unpaired) electrons. The fourth-order valence-corrected chi connectivity index (χ4v) is 2.94. The van der Waals surface area contributed by atoms with Crippen molar-refractivity contribution in [1.29, 1.82) is 0 Å². The number of nitrogens with zero attached hydrogens (tertiary/aromatic N) is 1. The third-order valence-corrected chi connectivity index (χ3v) is 3.99. The summed E-state index contributed by atoms with van der Waals surface area (Å²) in [6.45, 7) is 0.880. The molecule has 5 nitrogen and oxygen atoms in total. The van der Waals surface area contributed by atoms with Crippen LogP contribution in [-0.2, 0) is 4.74 Å². The van der Waals surface area contributed by atoms with Crippen LogP contribution in [0, 0.1) is 0 Å². The molecule has 0 spiro atoms. The molecule has 1 unspecified atom stereocenters. The lowest BCUT2D eigenvalue weighted by atomic mass is 10.1. The summed E-state index contributed by atoms with van der Waals surface area (Å²) in [6, 6.07) is 6.52. The van der Waals surface area contributed by atoms with Gasteiger partial charge in [-0.2, -0.15) is 0 Å². The summed E-state index contributed by atoms with van der Waals surface area (Å²) in [5.41, 5.74) is -0.139. The zero-order chi connectivity index (χ0) is 15.0. The van der Waals surface area contributed by atoms with E-state index >= 15 is 0 Å². The molecule has 1 aliphatic rings. The molecule has 1 atom stereocenters. The van der Waals surface area contributed by atoms with E-state index in [1.165, 1.54) is 4.57 Å². The van der Waals surface area contributed by atoms with Gasteiger partial charge in [0.25, 0.3) is 5.56 Å². The van der Waals surface area contributed by atoms with Crippen LogP contribution in [-0.4, -0.2) is 22.8 Å². The number of nitrogens with one attached hydrogen (secondary N) is 1. The molecular formula is C14H12Cl2N2O3. The van der Waals surface area contributed by atoms with E-state index in [-0.39, 0.29) is 16.8 Å². The van der Waals surface area contributed by atoms with Gasteiger partial charge in [0.2, 0.25) is 0 Å². The van der Waals surface area contributed by atoms with Crippen molar-refractivity contribution in [2.24, 2.45) is 0 Å². The highest BCUT2D eigenvalue weighted by Gasteiger charge is 2.24. The van der Waals surface area contributed by atoms with Gasteiger partial charge in [0, 0.05) is 11.6 Å². The minimum absolute atomic E-state index is 0.0161. The molecule has 21 heavy (non-hydrogen) atoms. The lowest BCUT2D eigenvalue weighted by Crippen LogP contribution is -2.39. The number of hydrogen-bond acceptors (Lipinski definition) is 3. The lowest BCUT2D eigenvalue weighted by Gasteiger charge is -2.13. The highest BCUT2D eigenvalue weighted by molar-refractivity contribution is 6.32. The Morgan fingerprint density at radius 1 is 1.29 bits per heavy atom. The average Bonchev–Trinajstić information content (AvgIpc) is 2.92. The van der Waals surface area contributed by atoms with Gasteiger partial charge in [-0.05, 0) is 24.1 Å². The smallest absolute Gasteiger partial charge is 0.329 e. The van der Waals surface area contributed by atoms with Crippen molar-refractivity contribution in [1.82, 2.24) is 9.55 Å². The number of hydrogen-bond donors (Lipinski definition) is 1. The van der Waals surface area contributed by atoms with E-state index in [1.54, 1.807) is 24.3 Å². The second-order valence-electron chi connectivity index (χ2n) is 4.82. The fourth-order valence-electron chi connectivity index (χ4n) is 2.47. The van der Waals surface area contributed by atoms with Crippen LogP contribution >= 0.6 is 23.2 Å². The van der Waals surface area contributed by atoms with Crippen LogP contribution in [0.1, 0.15) is 12.5 Å². The van der Waals surface area contributed by atoms with Crippen molar-refractivity contribution in [3.8, 4) is 11.1 Å². The van der Waals surface area contributed by atoms with E-state index in [0.29, 0.717) is 30.2 Å². The summed E-state index contributed by atoms with van der Waals surface area (Å²) in [4.78, 5) is 27.2. The van der Waals surface area contributed by atoms with Gasteiger partial charge in [-0.15, -0.1) is 0 Å². The second-order valence-corrected chi connectivity index (χ2v) is 5.64. The van der Waals surface area contributed by atoms with Crippen molar-refractivity contribution >= 4 is 23.2 Å². The standard InChI is InChI=1S/C14H12Cl2N2O3/c15-9-3-1-2-8(6-9)11-12(16)17-14(20)18(13(11)19)10-4-5-21-7-10/h1-3,6,10H,4-5,7H2,(H,17,20). The molecule has 0 saturated carbocycles. The van der Waals surface area contributed by atoms with Crippen molar-refractivity contribution in [2.75, 3.05) is 13.2 Å². The summed E-state index contributed by atoms with van der Waals surface area (Å²) in [5, 5.41) is 0.507. The molecule has 1 N–H and O–H groups in total. The van der Waals surface area contributed by atoms with Crippen LogP contribution < -0.4 is 11.2 Å². The number of ether oxygens (including phenoxy) is 1. The normalized spacial score (nSPS) is 18.1. The third-order valence-electron chi connectivity index (χ3n) is 3.47. The first-order chi connectivity index (χ1) is 10.1. The van der Waals surface area contributed by atoms with Crippen LogP contribution in [0.15, 0.2) is 33.9 Å². The summed E-state index contributed by atoms with van der Waals surface area (Å²) < 4.78 is 6.43. The Morgan fingerprint density at radius 3 is 2.76 bits per heavy atom. The van der Waals surface area contributed by atoms with Crippen LogP contribution in [0.2, 0.25) is 10.2 Å². The molecule has 1 aliphatic heterocycles. The molecule has 1 aromatic carbocycles. The minimum atomic E-state index is -0.522.